The number of aliphatic hydroxyl groups is 1. The molecule has 3 saturated heterocycles. The number of likely N-dealkylation sites (tertiary alicyclic amines) is 1. The normalized spacial score (nSPS) is 35.7. The molecule has 1 saturated carbocycles. The summed E-state index contributed by atoms with van der Waals surface area (Å²) in [5, 5.41) is 15.5. The number of hydrogen-bond donors (Lipinski definition) is 3. The Kier molecular flexibility index (Phi) is 7.63. The van der Waals surface area contributed by atoms with Crippen LogP contribution < -0.4 is 10.6 Å². The maximum Gasteiger partial charge on any atom is 0.244 e. The number of thioether (sulfide) groups is 1. The molecule has 1 spiro atoms. The van der Waals surface area contributed by atoms with Gasteiger partial charge in [0.15, 0.2) is 0 Å². The van der Waals surface area contributed by atoms with Crippen molar-refractivity contribution in [1.29, 1.82) is 0 Å². The second kappa shape index (κ2) is 10.1. The number of amides is 3. The molecule has 4 aliphatic rings. The number of carbonyl (C=O) groups is 3. The van der Waals surface area contributed by atoms with E-state index < -0.39 is 16.7 Å². The Balaban J connectivity index is 1.61. The van der Waals surface area contributed by atoms with Gasteiger partial charge < -0.3 is 20.6 Å². The third kappa shape index (κ3) is 4.42. The Morgan fingerprint density at radius 2 is 1.88 bits per heavy atom. The van der Waals surface area contributed by atoms with Gasteiger partial charge >= 0.3 is 0 Å². The molecule has 2 unspecified atom stereocenters. The van der Waals surface area contributed by atoms with Crippen LogP contribution in [0.5, 0.6) is 0 Å². The number of carbonyl (C=O) groups excluding carboxylic acids is 3. The highest BCUT2D eigenvalue weighted by Crippen LogP contribution is 2.71. The molecule has 0 aromatic carbocycles. The third-order valence-electron chi connectivity index (χ3n) is 8.37. The van der Waals surface area contributed by atoms with Crippen molar-refractivity contribution in [1.82, 2.24) is 15.5 Å². The maximum absolute atomic E-state index is 13.9. The van der Waals surface area contributed by atoms with Gasteiger partial charge in [0.1, 0.15) is 6.04 Å². The predicted molar refractivity (Wildman–Crippen MR) is 130 cm³/mol. The molecule has 7 nitrogen and oxygen atoms in total. The van der Waals surface area contributed by atoms with Crippen molar-refractivity contribution in [3.8, 4) is 0 Å². The standard InChI is InChI=1S/C25H41N3O4S/c1-3-14-26-21(30)18-19-23(32)28(15-8-5-9-16-29)20(25(19)13-12-24(18,2)33-25)22(31)27-17-10-6-4-7-11-17/h17-20,29H,3-16H2,1-2H3,(H,26,30)(H,27,31)/t18-,19+,20?,24+,25?/m1/s1. The van der Waals surface area contributed by atoms with Gasteiger partial charge in [0, 0.05) is 30.5 Å². The summed E-state index contributed by atoms with van der Waals surface area (Å²) in [5.41, 5.74) is 0. The summed E-state index contributed by atoms with van der Waals surface area (Å²) in [4.78, 5) is 42.7. The van der Waals surface area contributed by atoms with E-state index >= 15 is 0 Å². The van der Waals surface area contributed by atoms with Gasteiger partial charge in [0.2, 0.25) is 17.7 Å². The fourth-order valence-corrected chi connectivity index (χ4v) is 9.18. The number of fused-ring (bicyclic) bond motifs is 1. The summed E-state index contributed by atoms with van der Waals surface area (Å²) < 4.78 is -0.819. The first-order valence-electron chi connectivity index (χ1n) is 13.1. The van der Waals surface area contributed by atoms with Crippen LogP contribution >= 0.6 is 11.8 Å². The van der Waals surface area contributed by atoms with E-state index in [1.54, 1.807) is 16.7 Å². The molecule has 3 heterocycles. The smallest absolute Gasteiger partial charge is 0.244 e. The molecule has 3 N–H and O–H groups in total. The molecule has 3 aliphatic heterocycles. The summed E-state index contributed by atoms with van der Waals surface area (Å²) in [6.45, 7) is 5.41. The van der Waals surface area contributed by atoms with Crippen LogP contribution in [0.1, 0.15) is 84.5 Å². The summed E-state index contributed by atoms with van der Waals surface area (Å²) in [6, 6.07) is -0.322. The van der Waals surface area contributed by atoms with E-state index in [1.807, 2.05) is 6.92 Å². The molecule has 0 aromatic heterocycles. The number of hydrogen-bond acceptors (Lipinski definition) is 5. The quantitative estimate of drug-likeness (QED) is 0.419. The van der Waals surface area contributed by atoms with Gasteiger partial charge in [-0.15, -0.1) is 11.8 Å². The van der Waals surface area contributed by atoms with E-state index in [2.05, 4.69) is 17.6 Å². The van der Waals surface area contributed by atoms with E-state index in [0.29, 0.717) is 19.5 Å². The summed E-state index contributed by atoms with van der Waals surface area (Å²) in [6.07, 6.45) is 10.3. The SMILES string of the molecule is CCCNC(=O)[C@H]1[C@H]2C(=O)N(CCCCCO)C(C(=O)NC3CCCCC3)C23CC[C@]1(C)S3. The van der Waals surface area contributed by atoms with E-state index in [4.69, 9.17) is 5.11 Å². The molecule has 186 valence electrons. The molecule has 2 bridgehead atoms. The Hall–Kier alpha value is -1.28. The molecule has 5 atom stereocenters. The second-order valence-corrected chi connectivity index (χ2v) is 12.6. The molecular formula is C25H41N3O4S. The molecule has 4 fully saturated rings. The topological polar surface area (TPSA) is 98.7 Å². The lowest BCUT2D eigenvalue weighted by Gasteiger charge is -2.36. The Labute approximate surface area is 202 Å². The fourth-order valence-electron chi connectivity index (χ4n) is 6.82. The number of rotatable bonds is 10. The Bertz CT molecular complexity index is 758. The highest BCUT2D eigenvalue weighted by atomic mass is 32.2. The van der Waals surface area contributed by atoms with Gasteiger partial charge in [0.05, 0.1) is 16.6 Å². The summed E-state index contributed by atoms with van der Waals surface area (Å²) in [7, 11) is 0. The van der Waals surface area contributed by atoms with Crippen molar-refractivity contribution < 1.29 is 19.5 Å². The number of nitrogens with zero attached hydrogens (tertiary/aromatic N) is 1. The third-order valence-corrected chi connectivity index (χ3v) is 10.4. The average molecular weight is 480 g/mol. The minimum Gasteiger partial charge on any atom is -0.396 e. The second-order valence-electron chi connectivity index (χ2n) is 10.7. The van der Waals surface area contributed by atoms with Crippen molar-refractivity contribution in [2.24, 2.45) is 11.8 Å². The Morgan fingerprint density at radius 3 is 2.58 bits per heavy atom. The van der Waals surface area contributed by atoms with Crippen molar-refractivity contribution in [3.05, 3.63) is 0 Å². The molecule has 1 aliphatic carbocycles. The van der Waals surface area contributed by atoms with Crippen molar-refractivity contribution in [3.63, 3.8) is 0 Å². The lowest BCUT2D eigenvalue weighted by atomic mass is 9.66. The van der Waals surface area contributed by atoms with Crippen LogP contribution in [0, 0.1) is 11.8 Å². The minimum absolute atomic E-state index is 0.0182. The Morgan fingerprint density at radius 1 is 1.12 bits per heavy atom. The maximum atomic E-state index is 13.9. The van der Waals surface area contributed by atoms with Crippen LogP contribution in [0.3, 0.4) is 0 Å². The molecule has 3 amide bonds. The molecule has 4 rings (SSSR count). The molecule has 33 heavy (non-hydrogen) atoms. The van der Waals surface area contributed by atoms with Crippen LogP contribution in [-0.4, -0.2) is 69.0 Å². The number of aliphatic hydroxyl groups excluding tert-OH is 1. The van der Waals surface area contributed by atoms with Gasteiger partial charge in [-0.25, -0.2) is 0 Å². The van der Waals surface area contributed by atoms with E-state index in [0.717, 1.165) is 57.8 Å². The molecule has 8 heteroatoms. The predicted octanol–water partition coefficient (Wildman–Crippen LogP) is 2.61. The van der Waals surface area contributed by atoms with E-state index in [-0.39, 0.29) is 41.0 Å². The van der Waals surface area contributed by atoms with Gasteiger partial charge in [-0.1, -0.05) is 26.2 Å². The zero-order valence-electron chi connectivity index (χ0n) is 20.2. The lowest BCUT2D eigenvalue weighted by Crippen LogP contribution is -2.55. The van der Waals surface area contributed by atoms with Crippen LogP contribution in [0.25, 0.3) is 0 Å². The van der Waals surface area contributed by atoms with Gasteiger partial charge in [-0.3, -0.25) is 14.4 Å². The summed E-state index contributed by atoms with van der Waals surface area (Å²) >= 11 is 1.75. The fraction of sp³-hybridized carbons (Fsp3) is 0.880. The van der Waals surface area contributed by atoms with Crippen LogP contribution in [0.15, 0.2) is 0 Å². The first-order chi connectivity index (χ1) is 15.9. The average Bonchev–Trinajstić information content (AvgIpc) is 3.36. The van der Waals surface area contributed by atoms with Crippen LogP contribution in [-0.2, 0) is 14.4 Å². The monoisotopic (exact) mass is 479 g/mol. The highest BCUT2D eigenvalue weighted by molar-refractivity contribution is 8.02. The summed E-state index contributed by atoms with van der Waals surface area (Å²) in [5.74, 6) is -0.886. The van der Waals surface area contributed by atoms with Crippen molar-refractivity contribution >= 4 is 29.5 Å². The first kappa shape index (κ1) is 24.8. The van der Waals surface area contributed by atoms with Crippen molar-refractivity contribution in [2.75, 3.05) is 19.7 Å². The zero-order valence-corrected chi connectivity index (χ0v) is 21.1. The molecule has 0 radical (unpaired) electrons. The largest absolute Gasteiger partial charge is 0.396 e. The van der Waals surface area contributed by atoms with Gasteiger partial charge in [0.25, 0.3) is 0 Å². The molecule has 0 aromatic rings. The molecular weight excluding hydrogens is 438 g/mol. The van der Waals surface area contributed by atoms with Crippen molar-refractivity contribution in [2.45, 2.75) is 106 Å². The van der Waals surface area contributed by atoms with Crippen LogP contribution in [0.2, 0.25) is 0 Å². The first-order valence-corrected chi connectivity index (χ1v) is 13.9. The van der Waals surface area contributed by atoms with E-state index in [1.165, 1.54) is 6.42 Å². The van der Waals surface area contributed by atoms with E-state index in [9.17, 15) is 14.4 Å². The zero-order chi connectivity index (χ0) is 23.6. The van der Waals surface area contributed by atoms with Gasteiger partial charge in [-0.2, -0.15) is 0 Å². The number of unbranched alkanes of at least 4 members (excludes halogenated alkanes) is 2. The van der Waals surface area contributed by atoms with Crippen LogP contribution in [0.4, 0.5) is 0 Å². The van der Waals surface area contributed by atoms with Gasteiger partial charge in [-0.05, 0) is 58.3 Å². The minimum atomic E-state index is -0.518. The number of nitrogens with one attached hydrogen (secondary N) is 2. The lowest BCUT2D eigenvalue weighted by molar-refractivity contribution is -0.140. The highest BCUT2D eigenvalue weighted by Gasteiger charge is 2.76.